The Morgan fingerprint density at radius 3 is 2.72 bits per heavy atom. The minimum atomic E-state index is -1.14. The lowest BCUT2D eigenvalue weighted by Crippen LogP contribution is -2.14. The number of thiophene rings is 1. The van der Waals surface area contributed by atoms with E-state index in [4.69, 9.17) is 0 Å². The number of aromatic nitrogens is 3. The zero-order valence-corrected chi connectivity index (χ0v) is 14.1. The molecule has 7 nitrogen and oxygen atoms in total. The van der Waals surface area contributed by atoms with Crippen LogP contribution in [0.25, 0.3) is 11.3 Å². The minimum absolute atomic E-state index is 0.00143. The van der Waals surface area contributed by atoms with Crippen LogP contribution in [0.2, 0.25) is 0 Å². The Hall–Kier alpha value is -3.13. The van der Waals surface area contributed by atoms with E-state index in [-0.39, 0.29) is 10.6 Å². The van der Waals surface area contributed by atoms with Crippen molar-refractivity contribution in [1.82, 2.24) is 15.0 Å². The molecule has 126 valence electrons. The smallest absolute Gasteiger partial charge is 0.339 e. The lowest BCUT2D eigenvalue weighted by Gasteiger charge is -2.06. The standard InChI is InChI=1S/C17H14N4O3S/c1-2-10-5-11(7-19-6-10)15(22)21-16-14(17(23)24)12(9-25-16)13-8-18-3-4-20-13/h3-9H,2H2,1H3,(H,21,22)(H,23,24). The molecule has 0 aliphatic carbocycles. The average molecular weight is 354 g/mol. The Bertz CT molecular complexity index is 925. The molecule has 0 aromatic carbocycles. The first-order chi connectivity index (χ1) is 12.1. The molecular formula is C17H14N4O3S. The Labute approximate surface area is 147 Å². The van der Waals surface area contributed by atoms with Crippen LogP contribution in [0.1, 0.15) is 33.2 Å². The van der Waals surface area contributed by atoms with Crippen molar-refractivity contribution < 1.29 is 14.7 Å². The third-order valence-corrected chi connectivity index (χ3v) is 4.43. The van der Waals surface area contributed by atoms with E-state index in [0.717, 1.165) is 23.3 Å². The molecular weight excluding hydrogens is 340 g/mol. The fourth-order valence-corrected chi connectivity index (χ4v) is 3.21. The van der Waals surface area contributed by atoms with Crippen molar-refractivity contribution in [3.05, 3.63) is 59.1 Å². The lowest BCUT2D eigenvalue weighted by molar-refractivity contribution is 0.0699. The SMILES string of the molecule is CCc1cncc(C(=O)Nc2scc(-c3cnccn3)c2C(=O)O)c1. The van der Waals surface area contributed by atoms with E-state index >= 15 is 0 Å². The van der Waals surface area contributed by atoms with Gasteiger partial charge in [0.2, 0.25) is 0 Å². The normalized spacial score (nSPS) is 10.4. The number of carbonyl (C=O) groups excluding carboxylic acids is 1. The summed E-state index contributed by atoms with van der Waals surface area (Å²) in [6, 6.07) is 1.74. The van der Waals surface area contributed by atoms with E-state index in [1.807, 2.05) is 6.92 Å². The first-order valence-corrected chi connectivity index (χ1v) is 8.34. The average Bonchev–Trinajstić information content (AvgIpc) is 3.06. The Kier molecular flexibility index (Phi) is 4.80. The van der Waals surface area contributed by atoms with E-state index < -0.39 is 11.9 Å². The summed E-state index contributed by atoms with van der Waals surface area (Å²) in [5.74, 6) is -1.55. The third-order valence-electron chi connectivity index (χ3n) is 3.54. The molecule has 3 heterocycles. The monoisotopic (exact) mass is 354 g/mol. The second kappa shape index (κ2) is 7.18. The number of hydrogen-bond donors (Lipinski definition) is 2. The summed E-state index contributed by atoms with van der Waals surface area (Å²) in [6.45, 7) is 1.97. The van der Waals surface area contributed by atoms with Gasteiger partial charge < -0.3 is 10.4 Å². The highest BCUT2D eigenvalue weighted by atomic mass is 32.1. The van der Waals surface area contributed by atoms with Crippen molar-refractivity contribution in [1.29, 1.82) is 0 Å². The summed E-state index contributed by atoms with van der Waals surface area (Å²) in [5.41, 5.74) is 2.16. The number of nitrogens with zero attached hydrogens (tertiary/aromatic N) is 3. The molecule has 3 rings (SSSR count). The fourth-order valence-electron chi connectivity index (χ4n) is 2.27. The van der Waals surface area contributed by atoms with Gasteiger partial charge in [-0.1, -0.05) is 6.92 Å². The van der Waals surface area contributed by atoms with E-state index in [1.54, 1.807) is 17.6 Å². The number of aromatic carboxylic acids is 1. The molecule has 0 aliphatic rings. The van der Waals surface area contributed by atoms with Crippen LogP contribution < -0.4 is 5.32 Å². The lowest BCUT2D eigenvalue weighted by atomic mass is 10.1. The van der Waals surface area contributed by atoms with Gasteiger partial charge in [-0.3, -0.25) is 19.7 Å². The quantitative estimate of drug-likeness (QED) is 0.729. The maximum absolute atomic E-state index is 12.4. The number of carboxylic acid groups (broad SMARTS) is 1. The van der Waals surface area contributed by atoms with Crippen molar-refractivity contribution in [2.45, 2.75) is 13.3 Å². The largest absolute Gasteiger partial charge is 0.478 e. The van der Waals surface area contributed by atoms with Gasteiger partial charge in [-0.25, -0.2) is 4.79 Å². The fraction of sp³-hybridized carbons (Fsp3) is 0.118. The molecule has 0 spiro atoms. The van der Waals surface area contributed by atoms with Gasteiger partial charge in [-0.05, 0) is 18.1 Å². The number of carboxylic acids is 1. The molecule has 0 radical (unpaired) electrons. The van der Waals surface area contributed by atoms with Crippen molar-refractivity contribution in [3.8, 4) is 11.3 Å². The molecule has 2 N–H and O–H groups in total. The zero-order valence-electron chi connectivity index (χ0n) is 13.3. The second-order valence-electron chi connectivity index (χ2n) is 5.14. The van der Waals surface area contributed by atoms with Gasteiger partial charge in [-0.15, -0.1) is 11.3 Å². The highest BCUT2D eigenvalue weighted by Gasteiger charge is 2.22. The molecule has 8 heteroatoms. The number of hydrogen-bond acceptors (Lipinski definition) is 6. The first-order valence-electron chi connectivity index (χ1n) is 7.46. The van der Waals surface area contributed by atoms with Gasteiger partial charge in [0.15, 0.2) is 0 Å². The first kappa shape index (κ1) is 16.7. The molecule has 0 fully saturated rings. The Morgan fingerprint density at radius 2 is 2.04 bits per heavy atom. The van der Waals surface area contributed by atoms with E-state index in [0.29, 0.717) is 16.8 Å². The summed E-state index contributed by atoms with van der Waals surface area (Å²) < 4.78 is 0. The minimum Gasteiger partial charge on any atom is -0.478 e. The van der Waals surface area contributed by atoms with Gasteiger partial charge in [0.05, 0.1) is 17.5 Å². The number of pyridine rings is 1. The highest BCUT2D eigenvalue weighted by molar-refractivity contribution is 7.15. The summed E-state index contributed by atoms with van der Waals surface area (Å²) in [7, 11) is 0. The van der Waals surface area contributed by atoms with Gasteiger partial charge in [-0.2, -0.15) is 0 Å². The van der Waals surface area contributed by atoms with Gasteiger partial charge in [0.1, 0.15) is 10.6 Å². The summed E-state index contributed by atoms with van der Waals surface area (Å²) in [5, 5.41) is 14.1. The van der Waals surface area contributed by atoms with Crippen molar-refractivity contribution >= 4 is 28.2 Å². The number of aryl methyl sites for hydroxylation is 1. The number of nitrogens with one attached hydrogen (secondary N) is 1. The molecule has 0 unspecified atom stereocenters. The molecule has 1 amide bonds. The number of carbonyl (C=O) groups is 2. The second-order valence-corrected chi connectivity index (χ2v) is 6.02. The molecule has 0 saturated heterocycles. The van der Waals surface area contributed by atoms with E-state index in [1.165, 1.54) is 24.8 Å². The van der Waals surface area contributed by atoms with Crippen LogP contribution in [0.15, 0.2) is 42.4 Å². The van der Waals surface area contributed by atoms with Crippen LogP contribution in [0.3, 0.4) is 0 Å². The van der Waals surface area contributed by atoms with Crippen LogP contribution in [0, 0.1) is 0 Å². The number of anilines is 1. The predicted octanol–water partition coefficient (Wildman–Crippen LogP) is 3.11. The molecule has 25 heavy (non-hydrogen) atoms. The highest BCUT2D eigenvalue weighted by Crippen LogP contribution is 2.34. The van der Waals surface area contributed by atoms with E-state index in [2.05, 4.69) is 20.3 Å². The summed E-state index contributed by atoms with van der Waals surface area (Å²) >= 11 is 1.13. The van der Waals surface area contributed by atoms with Gasteiger partial charge >= 0.3 is 5.97 Å². The van der Waals surface area contributed by atoms with Crippen LogP contribution >= 0.6 is 11.3 Å². The van der Waals surface area contributed by atoms with Gasteiger partial charge in [0, 0.05) is 35.7 Å². The van der Waals surface area contributed by atoms with Crippen LogP contribution in [-0.2, 0) is 6.42 Å². The maximum Gasteiger partial charge on any atom is 0.339 e. The van der Waals surface area contributed by atoms with E-state index in [9.17, 15) is 14.7 Å². The summed E-state index contributed by atoms with van der Waals surface area (Å²) in [4.78, 5) is 36.2. The topological polar surface area (TPSA) is 105 Å². The van der Waals surface area contributed by atoms with Crippen molar-refractivity contribution in [2.75, 3.05) is 5.32 Å². The maximum atomic E-state index is 12.4. The Morgan fingerprint density at radius 1 is 1.20 bits per heavy atom. The van der Waals surface area contributed by atoms with Crippen molar-refractivity contribution in [2.24, 2.45) is 0 Å². The predicted molar refractivity (Wildman–Crippen MR) is 93.9 cm³/mol. The summed E-state index contributed by atoms with van der Waals surface area (Å²) in [6.07, 6.45) is 8.37. The van der Waals surface area contributed by atoms with Crippen LogP contribution in [0.4, 0.5) is 5.00 Å². The molecule has 0 bridgehead atoms. The van der Waals surface area contributed by atoms with Gasteiger partial charge in [0.25, 0.3) is 5.91 Å². The van der Waals surface area contributed by atoms with Crippen molar-refractivity contribution in [3.63, 3.8) is 0 Å². The molecule has 3 aromatic heterocycles. The number of amides is 1. The zero-order chi connectivity index (χ0) is 17.8. The molecule has 0 saturated carbocycles. The molecule has 3 aromatic rings. The molecule has 0 aliphatic heterocycles. The number of rotatable bonds is 5. The molecule has 0 atom stereocenters. The Balaban J connectivity index is 1.94. The van der Waals surface area contributed by atoms with Crippen LogP contribution in [0.5, 0.6) is 0 Å². The third kappa shape index (κ3) is 3.53. The van der Waals surface area contributed by atoms with Crippen LogP contribution in [-0.4, -0.2) is 31.9 Å².